The van der Waals surface area contributed by atoms with Gasteiger partial charge in [-0.3, -0.25) is 14.9 Å². The van der Waals surface area contributed by atoms with Crippen LogP contribution in [0.4, 0.5) is 0 Å². The van der Waals surface area contributed by atoms with Crippen molar-refractivity contribution in [2.75, 3.05) is 0 Å². The Hall–Kier alpha value is -1.13. The van der Waals surface area contributed by atoms with Crippen molar-refractivity contribution in [3.05, 3.63) is 10.1 Å². The zero-order valence-electron chi connectivity index (χ0n) is 11.1. The first-order valence-corrected chi connectivity index (χ1v) is 5.20. The molecule has 0 rings (SSSR count). The van der Waals surface area contributed by atoms with Crippen LogP contribution in [0, 0.1) is 15.5 Å². The van der Waals surface area contributed by atoms with Gasteiger partial charge in [-0.15, -0.1) is 0 Å². The van der Waals surface area contributed by atoms with Crippen molar-refractivity contribution in [3.8, 4) is 0 Å². The Morgan fingerprint density at radius 2 is 1.44 bits per heavy atom. The first-order chi connectivity index (χ1) is 6.82. The average molecular weight is 231 g/mol. The van der Waals surface area contributed by atoms with Gasteiger partial charge in [0.05, 0.1) is 0 Å². The molecular weight excluding hydrogens is 210 g/mol. The van der Waals surface area contributed by atoms with E-state index >= 15 is 0 Å². The fraction of sp³-hybridized carbons (Fsp3) is 0.909. The highest BCUT2D eigenvalue weighted by Crippen LogP contribution is 2.35. The van der Waals surface area contributed by atoms with Gasteiger partial charge in [-0.25, -0.2) is 0 Å². The third kappa shape index (κ3) is 2.93. The largest absolute Gasteiger partial charge is 0.459 e. The van der Waals surface area contributed by atoms with Crippen LogP contribution in [-0.4, -0.2) is 22.0 Å². The maximum atomic E-state index is 11.9. The minimum atomic E-state index is -1.37. The van der Waals surface area contributed by atoms with Crippen LogP contribution in [0.5, 0.6) is 0 Å². The van der Waals surface area contributed by atoms with E-state index in [1.165, 1.54) is 27.7 Å². The van der Waals surface area contributed by atoms with Crippen LogP contribution in [0.2, 0.25) is 0 Å². The number of esters is 1. The zero-order chi connectivity index (χ0) is 13.4. The Labute approximate surface area is 96.3 Å². The number of rotatable bonds is 3. The molecule has 0 radical (unpaired) electrons. The van der Waals surface area contributed by atoms with Crippen LogP contribution in [0.25, 0.3) is 0 Å². The van der Waals surface area contributed by atoms with Crippen molar-refractivity contribution in [1.82, 2.24) is 0 Å². The lowest BCUT2D eigenvalue weighted by molar-refractivity contribution is -0.577. The molecule has 0 atom stereocenters. The van der Waals surface area contributed by atoms with Gasteiger partial charge in [0.2, 0.25) is 5.54 Å². The molecule has 0 bridgehead atoms. The predicted octanol–water partition coefficient (Wildman–Crippen LogP) is 2.41. The van der Waals surface area contributed by atoms with E-state index in [4.69, 9.17) is 4.74 Å². The number of ether oxygens (including phenoxy) is 1. The summed E-state index contributed by atoms with van der Waals surface area (Å²) in [6.45, 7) is 11.1. The molecule has 0 aromatic carbocycles. The van der Waals surface area contributed by atoms with Gasteiger partial charge in [0.1, 0.15) is 11.0 Å². The monoisotopic (exact) mass is 231 g/mol. The van der Waals surface area contributed by atoms with Crippen LogP contribution in [-0.2, 0) is 9.53 Å². The van der Waals surface area contributed by atoms with E-state index in [2.05, 4.69) is 0 Å². The Bertz CT molecular complexity index is 300. The van der Waals surface area contributed by atoms with Crippen LogP contribution < -0.4 is 0 Å². The maximum Gasteiger partial charge on any atom is 0.319 e. The number of nitro groups is 1. The third-order valence-electron chi connectivity index (χ3n) is 2.90. The second-order valence-electron chi connectivity index (χ2n) is 5.94. The molecule has 5 nitrogen and oxygen atoms in total. The highest BCUT2D eigenvalue weighted by Gasteiger charge is 2.54. The van der Waals surface area contributed by atoms with Crippen LogP contribution in [0.1, 0.15) is 48.5 Å². The van der Waals surface area contributed by atoms with Gasteiger partial charge in [-0.1, -0.05) is 0 Å². The van der Waals surface area contributed by atoms with E-state index in [1.54, 1.807) is 20.8 Å². The molecule has 0 spiro atoms. The van der Waals surface area contributed by atoms with Gasteiger partial charge in [0, 0.05) is 18.8 Å². The first-order valence-electron chi connectivity index (χ1n) is 5.20. The smallest absolute Gasteiger partial charge is 0.319 e. The molecule has 0 aromatic rings. The predicted molar refractivity (Wildman–Crippen MR) is 60.7 cm³/mol. The zero-order valence-corrected chi connectivity index (χ0v) is 11.1. The second kappa shape index (κ2) is 4.03. The summed E-state index contributed by atoms with van der Waals surface area (Å²) in [7, 11) is 0. The van der Waals surface area contributed by atoms with Gasteiger partial charge in [-0.05, 0) is 34.6 Å². The summed E-state index contributed by atoms with van der Waals surface area (Å²) < 4.78 is 5.20. The fourth-order valence-corrected chi connectivity index (χ4v) is 0.884. The summed E-state index contributed by atoms with van der Waals surface area (Å²) in [5.74, 6) is -0.554. The highest BCUT2D eigenvalue weighted by molar-refractivity contribution is 5.77. The Morgan fingerprint density at radius 3 is 1.69 bits per heavy atom. The minimum absolute atomic E-state index is 0.447. The van der Waals surface area contributed by atoms with Gasteiger partial charge in [0.25, 0.3) is 0 Å². The molecular formula is C11H21NO4. The van der Waals surface area contributed by atoms with E-state index < -0.39 is 27.4 Å². The third-order valence-corrected chi connectivity index (χ3v) is 2.90. The molecule has 5 heteroatoms. The molecule has 0 unspecified atom stereocenters. The summed E-state index contributed by atoms with van der Waals surface area (Å²) in [5.41, 5.74) is -3.18. The van der Waals surface area contributed by atoms with Crippen molar-refractivity contribution < 1.29 is 14.5 Å². The molecule has 0 aliphatic heterocycles. The highest BCUT2D eigenvalue weighted by atomic mass is 16.6. The van der Waals surface area contributed by atoms with Crippen LogP contribution in [0.3, 0.4) is 0 Å². The topological polar surface area (TPSA) is 69.4 Å². The van der Waals surface area contributed by atoms with E-state index in [-0.39, 0.29) is 0 Å². The van der Waals surface area contributed by atoms with Crippen molar-refractivity contribution in [1.29, 1.82) is 0 Å². The Kier molecular flexibility index (Phi) is 3.75. The quantitative estimate of drug-likeness (QED) is 0.425. The number of carbonyl (C=O) groups is 1. The van der Waals surface area contributed by atoms with Gasteiger partial charge >= 0.3 is 5.97 Å². The number of carbonyl (C=O) groups excluding carboxylic acids is 1. The van der Waals surface area contributed by atoms with Crippen molar-refractivity contribution in [2.45, 2.75) is 59.6 Å². The van der Waals surface area contributed by atoms with E-state index in [0.29, 0.717) is 0 Å². The van der Waals surface area contributed by atoms with E-state index in [0.717, 1.165) is 0 Å². The molecule has 0 aromatic heterocycles. The molecule has 16 heavy (non-hydrogen) atoms. The maximum absolute atomic E-state index is 11.9. The molecule has 0 amide bonds. The van der Waals surface area contributed by atoms with Gasteiger partial charge in [-0.2, -0.15) is 0 Å². The van der Waals surface area contributed by atoms with Gasteiger partial charge < -0.3 is 4.74 Å². The SMILES string of the molecule is CC(C)(C)OC(=O)C(C)(C)C(C)(C)[N+](=O)[O-]. The summed E-state index contributed by atoms with van der Waals surface area (Å²) in [6, 6.07) is 0. The molecule has 0 saturated heterocycles. The molecule has 94 valence electrons. The molecule has 0 aliphatic carbocycles. The normalized spacial score (nSPS) is 13.4. The molecule has 0 heterocycles. The summed E-state index contributed by atoms with van der Waals surface area (Å²) >= 11 is 0. The molecule has 0 aliphatic rings. The molecule has 0 saturated carbocycles. The van der Waals surface area contributed by atoms with Crippen molar-refractivity contribution in [2.24, 2.45) is 5.41 Å². The summed E-state index contributed by atoms with van der Waals surface area (Å²) in [4.78, 5) is 22.4. The summed E-state index contributed by atoms with van der Waals surface area (Å²) in [6.07, 6.45) is 0. The Balaban J connectivity index is 5.07. The molecule has 0 fully saturated rings. The standard InChI is InChI=1S/C11H21NO4/c1-9(2,3)16-8(13)10(4,5)11(6,7)12(14)15/h1-7H3. The van der Waals surface area contributed by atoms with Crippen molar-refractivity contribution >= 4 is 5.97 Å². The fourth-order valence-electron chi connectivity index (χ4n) is 0.884. The second-order valence-corrected chi connectivity index (χ2v) is 5.94. The Morgan fingerprint density at radius 1 is 1.06 bits per heavy atom. The average Bonchev–Trinajstić information content (AvgIpc) is 1.99. The van der Waals surface area contributed by atoms with Gasteiger partial charge in [0.15, 0.2) is 0 Å². The minimum Gasteiger partial charge on any atom is -0.459 e. The van der Waals surface area contributed by atoms with Crippen LogP contribution >= 0.6 is 0 Å². The lowest BCUT2D eigenvalue weighted by Gasteiger charge is -2.34. The van der Waals surface area contributed by atoms with Crippen molar-refractivity contribution in [3.63, 3.8) is 0 Å². The van der Waals surface area contributed by atoms with E-state index in [9.17, 15) is 14.9 Å². The lowest BCUT2D eigenvalue weighted by atomic mass is 9.75. The number of hydrogen-bond donors (Lipinski definition) is 0. The molecule has 0 N–H and O–H groups in total. The number of nitrogens with zero attached hydrogens (tertiary/aromatic N) is 1. The summed E-state index contributed by atoms with van der Waals surface area (Å²) in [5, 5.41) is 10.9. The number of hydrogen-bond acceptors (Lipinski definition) is 4. The van der Waals surface area contributed by atoms with E-state index in [1.807, 2.05) is 0 Å². The first kappa shape index (κ1) is 14.9. The van der Waals surface area contributed by atoms with Crippen LogP contribution in [0.15, 0.2) is 0 Å². The lowest BCUT2D eigenvalue weighted by Crippen LogP contribution is -2.52.